The van der Waals surface area contributed by atoms with E-state index in [4.69, 9.17) is 14.2 Å². The summed E-state index contributed by atoms with van der Waals surface area (Å²) in [5.74, 6) is 1.56. The van der Waals surface area contributed by atoms with Crippen LogP contribution in [0, 0.1) is 0 Å². The smallest absolute Gasteiger partial charge is 0.161 e. The van der Waals surface area contributed by atoms with Gasteiger partial charge in [-0.05, 0) is 30.5 Å². The maximum Gasteiger partial charge on any atom is 0.161 e. The van der Waals surface area contributed by atoms with E-state index in [0.29, 0.717) is 19.3 Å². The highest BCUT2D eigenvalue weighted by Crippen LogP contribution is 2.27. The molecule has 1 heterocycles. The third-order valence-electron chi connectivity index (χ3n) is 4.02. The van der Waals surface area contributed by atoms with Crippen molar-refractivity contribution in [1.82, 2.24) is 5.32 Å². The standard InChI is InChI=1S/C20H25NO3.ClH/c1-2-7-17(8-3-1)16-24-20-11-5-4-10-19(20)23-14-12-21-15-18-9-6-13-22-18;/h1-5,7-8,10-11,18,21H,6,9,12-16H2;1H. The van der Waals surface area contributed by atoms with Gasteiger partial charge in [0.25, 0.3) is 0 Å². The van der Waals surface area contributed by atoms with Gasteiger partial charge in [0.2, 0.25) is 0 Å². The third kappa shape index (κ3) is 6.58. The van der Waals surface area contributed by atoms with Crippen molar-refractivity contribution in [1.29, 1.82) is 0 Å². The molecule has 25 heavy (non-hydrogen) atoms. The topological polar surface area (TPSA) is 39.7 Å². The first kappa shape index (κ1) is 19.6. The van der Waals surface area contributed by atoms with Crippen molar-refractivity contribution in [2.75, 3.05) is 26.3 Å². The molecule has 1 fully saturated rings. The van der Waals surface area contributed by atoms with Gasteiger partial charge < -0.3 is 19.5 Å². The van der Waals surface area contributed by atoms with Gasteiger partial charge in [0, 0.05) is 19.7 Å². The molecule has 136 valence electrons. The molecule has 0 saturated carbocycles. The molecule has 0 bridgehead atoms. The Hall–Kier alpha value is -1.75. The Balaban J connectivity index is 0.00000225. The van der Waals surface area contributed by atoms with Crippen molar-refractivity contribution in [2.24, 2.45) is 0 Å². The van der Waals surface area contributed by atoms with E-state index in [1.807, 2.05) is 42.5 Å². The Kier molecular flexibility index (Phi) is 8.60. The Morgan fingerprint density at radius 2 is 1.68 bits per heavy atom. The first-order valence-corrected chi connectivity index (χ1v) is 8.63. The maximum atomic E-state index is 5.90. The van der Waals surface area contributed by atoms with E-state index in [9.17, 15) is 0 Å². The molecule has 1 aliphatic rings. The van der Waals surface area contributed by atoms with Crippen LogP contribution in [-0.2, 0) is 11.3 Å². The maximum absolute atomic E-state index is 5.90. The molecule has 0 aromatic heterocycles. The Labute approximate surface area is 155 Å². The van der Waals surface area contributed by atoms with Gasteiger partial charge in [-0.25, -0.2) is 0 Å². The van der Waals surface area contributed by atoms with Crippen LogP contribution in [0.3, 0.4) is 0 Å². The number of halogens is 1. The number of para-hydroxylation sites is 2. The molecule has 1 saturated heterocycles. The number of ether oxygens (including phenoxy) is 3. The van der Waals surface area contributed by atoms with E-state index < -0.39 is 0 Å². The summed E-state index contributed by atoms with van der Waals surface area (Å²) in [6.45, 7) is 3.74. The fraction of sp³-hybridized carbons (Fsp3) is 0.400. The first-order valence-electron chi connectivity index (χ1n) is 8.63. The minimum absolute atomic E-state index is 0. The van der Waals surface area contributed by atoms with Crippen molar-refractivity contribution in [3.8, 4) is 11.5 Å². The second kappa shape index (κ2) is 11.0. The van der Waals surface area contributed by atoms with Gasteiger partial charge in [0.05, 0.1) is 6.10 Å². The average molecular weight is 364 g/mol. The van der Waals surface area contributed by atoms with Gasteiger partial charge in [0.1, 0.15) is 13.2 Å². The summed E-state index contributed by atoms with van der Waals surface area (Å²) in [7, 11) is 0. The zero-order valence-corrected chi connectivity index (χ0v) is 15.2. The fourth-order valence-corrected chi connectivity index (χ4v) is 2.73. The molecule has 3 rings (SSSR count). The minimum atomic E-state index is 0. The predicted molar refractivity (Wildman–Crippen MR) is 102 cm³/mol. The van der Waals surface area contributed by atoms with E-state index in [1.54, 1.807) is 0 Å². The lowest BCUT2D eigenvalue weighted by molar-refractivity contribution is 0.109. The van der Waals surface area contributed by atoms with Crippen LogP contribution in [0.2, 0.25) is 0 Å². The Bertz CT molecular complexity index is 603. The van der Waals surface area contributed by atoms with Crippen molar-refractivity contribution in [3.05, 3.63) is 60.2 Å². The van der Waals surface area contributed by atoms with E-state index in [2.05, 4.69) is 17.4 Å². The molecule has 0 aliphatic carbocycles. The summed E-state index contributed by atoms with van der Waals surface area (Å²) in [5, 5.41) is 3.38. The van der Waals surface area contributed by atoms with Crippen LogP contribution in [0.15, 0.2) is 54.6 Å². The molecule has 2 aromatic rings. The quantitative estimate of drug-likeness (QED) is 0.687. The third-order valence-corrected chi connectivity index (χ3v) is 4.02. The highest BCUT2D eigenvalue weighted by Gasteiger charge is 2.14. The highest BCUT2D eigenvalue weighted by atomic mass is 35.5. The van der Waals surface area contributed by atoms with Crippen LogP contribution in [-0.4, -0.2) is 32.4 Å². The number of benzene rings is 2. The van der Waals surface area contributed by atoms with Crippen molar-refractivity contribution < 1.29 is 14.2 Å². The zero-order chi connectivity index (χ0) is 16.5. The van der Waals surface area contributed by atoms with E-state index in [1.165, 1.54) is 6.42 Å². The van der Waals surface area contributed by atoms with E-state index >= 15 is 0 Å². The average Bonchev–Trinajstić information content (AvgIpc) is 3.15. The fourth-order valence-electron chi connectivity index (χ4n) is 2.73. The molecule has 1 N–H and O–H groups in total. The van der Waals surface area contributed by atoms with Gasteiger partial charge in [-0.15, -0.1) is 12.4 Å². The predicted octanol–water partition coefficient (Wildman–Crippen LogP) is 3.83. The molecular weight excluding hydrogens is 338 g/mol. The Morgan fingerprint density at radius 3 is 2.40 bits per heavy atom. The summed E-state index contributed by atoms with van der Waals surface area (Å²) in [5.41, 5.74) is 1.14. The van der Waals surface area contributed by atoms with Crippen LogP contribution < -0.4 is 14.8 Å². The van der Waals surface area contributed by atoms with Crippen LogP contribution in [0.25, 0.3) is 0 Å². The van der Waals surface area contributed by atoms with Crippen molar-refractivity contribution in [3.63, 3.8) is 0 Å². The number of hydrogen-bond acceptors (Lipinski definition) is 4. The SMILES string of the molecule is Cl.c1ccc(COc2ccccc2OCCNCC2CCCO2)cc1. The van der Waals surface area contributed by atoms with E-state index in [-0.39, 0.29) is 12.4 Å². The largest absolute Gasteiger partial charge is 0.488 e. The molecule has 1 unspecified atom stereocenters. The zero-order valence-electron chi connectivity index (χ0n) is 14.4. The van der Waals surface area contributed by atoms with Gasteiger partial charge in [0.15, 0.2) is 11.5 Å². The van der Waals surface area contributed by atoms with Gasteiger partial charge in [-0.2, -0.15) is 0 Å². The molecule has 0 spiro atoms. The lowest BCUT2D eigenvalue weighted by Crippen LogP contribution is -2.29. The van der Waals surface area contributed by atoms with Gasteiger partial charge in [-0.3, -0.25) is 0 Å². The van der Waals surface area contributed by atoms with Crippen LogP contribution >= 0.6 is 12.4 Å². The molecule has 4 nitrogen and oxygen atoms in total. The molecule has 1 aliphatic heterocycles. The molecule has 2 aromatic carbocycles. The summed E-state index contributed by atoms with van der Waals surface area (Å²) in [6.07, 6.45) is 2.70. The normalized spacial score (nSPS) is 16.2. The first-order chi connectivity index (χ1) is 11.9. The Morgan fingerprint density at radius 1 is 0.960 bits per heavy atom. The number of hydrogen-bond donors (Lipinski definition) is 1. The molecule has 1 atom stereocenters. The highest BCUT2D eigenvalue weighted by molar-refractivity contribution is 5.85. The number of rotatable bonds is 9. The summed E-state index contributed by atoms with van der Waals surface area (Å²) in [4.78, 5) is 0. The second-order valence-electron chi connectivity index (χ2n) is 5.91. The summed E-state index contributed by atoms with van der Waals surface area (Å²) >= 11 is 0. The van der Waals surface area contributed by atoms with Crippen LogP contribution in [0.4, 0.5) is 0 Å². The lowest BCUT2D eigenvalue weighted by atomic mass is 10.2. The summed E-state index contributed by atoms with van der Waals surface area (Å²) < 4.78 is 17.3. The van der Waals surface area contributed by atoms with Crippen LogP contribution in [0.1, 0.15) is 18.4 Å². The monoisotopic (exact) mass is 363 g/mol. The van der Waals surface area contributed by atoms with E-state index in [0.717, 1.165) is 43.2 Å². The lowest BCUT2D eigenvalue weighted by Gasteiger charge is -2.14. The molecule has 5 heteroatoms. The van der Waals surface area contributed by atoms with Gasteiger partial charge in [-0.1, -0.05) is 42.5 Å². The van der Waals surface area contributed by atoms with Crippen LogP contribution in [0.5, 0.6) is 11.5 Å². The molecule has 0 amide bonds. The number of nitrogens with one attached hydrogen (secondary N) is 1. The second-order valence-corrected chi connectivity index (χ2v) is 5.91. The van der Waals surface area contributed by atoms with Crippen molar-refractivity contribution >= 4 is 12.4 Å². The summed E-state index contributed by atoms with van der Waals surface area (Å²) in [6, 6.07) is 18.0. The molecule has 0 radical (unpaired) electrons. The van der Waals surface area contributed by atoms with Gasteiger partial charge >= 0.3 is 0 Å². The molecular formula is C20H26ClNO3. The van der Waals surface area contributed by atoms with Crippen molar-refractivity contribution in [2.45, 2.75) is 25.6 Å². The minimum Gasteiger partial charge on any atom is -0.488 e.